The van der Waals surface area contributed by atoms with Gasteiger partial charge in [-0.1, -0.05) is 34.1 Å². The summed E-state index contributed by atoms with van der Waals surface area (Å²) in [6.07, 6.45) is 3.40. The Morgan fingerprint density at radius 3 is 2.79 bits per heavy atom. The second-order valence-corrected chi connectivity index (χ2v) is 5.96. The molecule has 19 heavy (non-hydrogen) atoms. The number of nitrogens with zero attached hydrogens (tertiary/aromatic N) is 2. The Labute approximate surface area is 132 Å². The van der Waals surface area contributed by atoms with Crippen molar-refractivity contribution in [1.82, 2.24) is 9.97 Å². The van der Waals surface area contributed by atoms with Crippen LogP contribution in [0.15, 0.2) is 41.3 Å². The fourth-order valence-corrected chi connectivity index (χ4v) is 2.89. The van der Waals surface area contributed by atoms with Gasteiger partial charge in [0.25, 0.3) is 0 Å². The number of hydrogen-bond donors (Lipinski definition) is 1. The summed E-state index contributed by atoms with van der Waals surface area (Å²) in [5.74, 6) is -1.55. The van der Waals surface area contributed by atoms with Gasteiger partial charge in [-0.05, 0) is 40.6 Å². The van der Waals surface area contributed by atoms with E-state index in [1.807, 2.05) is 24.3 Å². The Hall–Kier alpha value is -1.02. The molecule has 0 aliphatic heterocycles. The van der Waals surface area contributed by atoms with Gasteiger partial charge in [0.05, 0.1) is 9.26 Å². The number of halogens is 2. The molecular formula is C13H10BrIN2O2. The molecule has 1 aromatic heterocycles. The van der Waals surface area contributed by atoms with E-state index in [1.165, 1.54) is 6.33 Å². The van der Waals surface area contributed by atoms with Crippen LogP contribution in [0, 0.1) is 3.57 Å². The Balaban J connectivity index is 2.35. The summed E-state index contributed by atoms with van der Waals surface area (Å²) in [5.41, 5.74) is 1.50. The molecule has 6 heteroatoms. The van der Waals surface area contributed by atoms with E-state index in [9.17, 15) is 9.90 Å². The molecule has 1 atom stereocenters. The van der Waals surface area contributed by atoms with Gasteiger partial charge in [-0.3, -0.25) is 4.79 Å². The van der Waals surface area contributed by atoms with Crippen molar-refractivity contribution >= 4 is 44.5 Å². The molecule has 0 fully saturated rings. The van der Waals surface area contributed by atoms with Crippen molar-refractivity contribution in [3.63, 3.8) is 0 Å². The number of carboxylic acids is 1. The normalized spacial score (nSPS) is 12.1. The molecular weight excluding hydrogens is 423 g/mol. The molecule has 0 spiro atoms. The lowest BCUT2D eigenvalue weighted by molar-refractivity contribution is -0.138. The summed E-state index contributed by atoms with van der Waals surface area (Å²) in [5, 5.41) is 9.42. The molecule has 0 amide bonds. The largest absolute Gasteiger partial charge is 0.481 e. The van der Waals surface area contributed by atoms with E-state index in [2.05, 4.69) is 48.5 Å². The van der Waals surface area contributed by atoms with Crippen LogP contribution >= 0.6 is 38.5 Å². The summed E-state index contributed by atoms with van der Waals surface area (Å²) in [7, 11) is 0. The van der Waals surface area contributed by atoms with Gasteiger partial charge in [0, 0.05) is 10.7 Å². The first-order valence-corrected chi connectivity index (χ1v) is 7.38. The van der Waals surface area contributed by atoms with E-state index in [1.54, 1.807) is 6.20 Å². The van der Waals surface area contributed by atoms with Crippen molar-refractivity contribution in [3.8, 4) is 0 Å². The Kier molecular flexibility index (Phi) is 4.87. The molecule has 98 valence electrons. The maximum absolute atomic E-state index is 11.5. The van der Waals surface area contributed by atoms with Crippen LogP contribution in [-0.2, 0) is 11.2 Å². The number of hydrogen-bond acceptors (Lipinski definition) is 3. The van der Waals surface area contributed by atoms with Gasteiger partial charge in [0.2, 0.25) is 0 Å². The van der Waals surface area contributed by atoms with Crippen molar-refractivity contribution in [2.24, 2.45) is 0 Å². The topological polar surface area (TPSA) is 63.1 Å². The Morgan fingerprint density at radius 2 is 2.16 bits per heavy atom. The molecule has 1 aromatic carbocycles. The van der Waals surface area contributed by atoms with Crippen LogP contribution in [0.4, 0.5) is 0 Å². The lowest BCUT2D eigenvalue weighted by Gasteiger charge is -2.14. The van der Waals surface area contributed by atoms with E-state index >= 15 is 0 Å². The van der Waals surface area contributed by atoms with Gasteiger partial charge in [-0.25, -0.2) is 9.97 Å². The quantitative estimate of drug-likeness (QED) is 0.753. The van der Waals surface area contributed by atoms with E-state index in [4.69, 9.17) is 0 Å². The molecule has 1 heterocycles. The number of benzene rings is 1. The van der Waals surface area contributed by atoms with E-state index in [0.717, 1.165) is 13.6 Å². The second kappa shape index (κ2) is 6.42. The molecule has 0 bridgehead atoms. The third-order valence-electron chi connectivity index (χ3n) is 2.71. The van der Waals surface area contributed by atoms with E-state index in [0.29, 0.717) is 12.1 Å². The van der Waals surface area contributed by atoms with Crippen LogP contribution in [0.3, 0.4) is 0 Å². The van der Waals surface area contributed by atoms with Gasteiger partial charge < -0.3 is 5.11 Å². The van der Waals surface area contributed by atoms with Gasteiger partial charge in [0.15, 0.2) is 0 Å². The molecule has 0 aliphatic carbocycles. The molecule has 2 aromatic rings. The highest BCUT2D eigenvalue weighted by molar-refractivity contribution is 14.1. The van der Waals surface area contributed by atoms with Gasteiger partial charge >= 0.3 is 5.97 Å². The van der Waals surface area contributed by atoms with Crippen molar-refractivity contribution in [1.29, 1.82) is 0 Å². The first-order valence-electron chi connectivity index (χ1n) is 5.51. The van der Waals surface area contributed by atoms with Crippen molar-refractivity contribution in [2.75, 3.05) is 0 Å². The zero-order valence-electron chi connectivity index (χ0n) is 9.75. The average Bonchev–Trinajstić information content (AvgIpc) is 2.38. The molecule has 0 saturated heterocycles. The summed E-state index contributed by atoms with van der Waals surface area (Å²) >= 11 is 5.50. The SMILES string of the molecule is O=C(O)C(Cc1ccccc1Br)c1ncncc1I. The van der Waals surface area contributed by atoms with Gasteiger partial charge in [-0.2, -0.15) is 0 Å². The van der Waals surface area contributed by atoms with Crippen LogP contribution in [0.25, 0.3) is 0 Å². The predicted molar refractivity (Wildman–Crippen MR) is 83.0 cm³/mol. The number of carbonyl (C=O) groups is 1. The summed E-state index contributed by atoms with van der Waals surface area (Å²) < 4.78 is 1.67. The Morgan fingerprint density at radius 1 is 1.42 bits per heavy atom. The average molecular weight is 433 g/mol. The molecule has 0 saturated carbocycles. The van der Waals surface area contributed by atoms with Gasteiger partial charge in [-0.15, -0.1) is 0 Å². The van der Waals surface area contributed by atoms with Crippen LogP contribution in [0.5, 0.6) is 0 Å². The molecule has 1 N–H and O–H groups in total. The maximum Gasteiger partial charge on any atom is 0.312 e. The standard InChI is InChI=1S/C13H10BrIN2O2/c14-10-4-2-1-3-8(10)5-9(13(18)19)12-11(15)6-16-7-17-12/h1-4,6-7,9H,5H2,(H,18,19). The third kappa shape index (κ3) is 3.50. The Bertz CT molecular complexity index is 607. The summed E-state index contributed by atoms with van der Waals surface area (Å²) in [6, 6.07) is 7.61. The van der Waals surface area contributed by atoms with Crippen LogP contribution in [0.1, 0.15) is 17.2 Å². The maximum atomic E-state index is 11.5. The van der Waals surface area contributed by atoms with Crippen LogP contribution < -0.4 is 0 Å². The second-order valence-electron chi connectivity index (χ2n) is 3.94. The third-order valence-corrected chi connectivity index (χ3v) is 4.31. The number of rotatable bonds is 4. The summed E-state index contributed by atoms with van der Waals surface area (Å²) in [4.78, 5) is 19.5. The van der Waals surface area contributed by atoms with Gasteiger partial charge in [0.1, 0.15) is 12.2 Å². The molecule has 0 radical (unpaired) electrons. The first kappa shape index (κ1) is 14.4. The van der Waals surface area contributed by atoms with Crippen molar-refractivity contribution < 1.29 is 9.90 Å². The minimum atomic E-state index is -0.882. The fraction of sp³-hybridized carbons (Fsp3) is 0.154. The highest BCUT2D eigenvalue weighted by atomic mass is 127. The monoisotopic (exact) mass is 432 g/mol. The number of carboxylic acid groups (broad SMARTS) is 1. The smallest absolute Gasteiger partial charge is 0.312 e. The zero-order valence-corrected chi connectivity index (χ0v) is 13.5. The minimum absolute atomic E-state index is 0.393. The van der Waals surface area contributed by atoms with E-state index < -0.39 is 11.9 Å². The number of aliphatic carboxylic acids is 1. The summed E-state index contributed by atoms with van der Waals surface area (Å²) in [6.45, 7) is 0. The molecule has 0 aliphatic rings. The lowest BCUT2D eigenvalue weighted by atomic mass is 9.96. The van der Waals surface area contributed by atoms with E-state index in [-0.39, 0.29) is 0 Å². The fourth-order valence-electron chi connectivity index (χ4n) is 1.76. The van der Waals surface area contributed by atoms with Crippen molar-refractivity contribution in [2.45, 2.75) is 12.3 Å². The number of aromatic nitrogens is 2. The lowest BCUT2D eigenvalue weighted by Crippen LogP contribution is -2.17. The predicted octanol–water partition coefficient (Wildman–Crippen LogP) is 3.25. The molecule has 1 unspecified atom stereocenters. The highest BCUT2D eigenvalue weighted by Crippen LogP contribution is 2.26. The first-order chi connectivity index (χ1) is 9.09. The highest BCUT2D eigenvalue weighted by Gasteiger charge is 2.24. The van der Waals surface area contributed by atoms with Crippen LogP contribution in [0.2, 0.25) is 0 Å². The minimum Gasteiger partial charge on any atom is -0.481 e. The van der Waals surface area contributed by atoms with Crippen molar-refractivity contribution in [3.05, 3.63) is 56.1 Å². The molecule has 2 rings (SSSR count). The zero-order chi connectivity index (χ0) is 13.8. The van der Waals surface area contributed by atoms with Crippen LogP contribution in [-0.4, -0.2) is 21.0 Å². The molecule has 4 nitrogen and oxygen atoms in total.